The topological polar surface area (TPSA) is 61.6 Å². The maximum absolute atomic E-state index is 11.0. The third kappa shape index (κ3) is 3.60. The van der Waals surface area contributed by atoms with Crippen molar-refractivity contribution in [3.8, 4) is 11.5 Å². The van der Waals surface area contributed by atoms with Crippen molar-refractivity contribution in [2.24, 2.45) is 0 Å². The lowest BCUT2D eigenvalue weighted by Gasteiger charge is -2.08. The van der Waals surface area contributed by atoms with E-state index >= 15 is 0 Å². The van der Waals surface area contributed by atoms with Crippen molar-refractivity contribution < 1.29 is 14.4 Å². The van der Waals surface area contributed by atoms with Gasteiger partial charge in [-0.3, -0.25) is 10.1 Å². The number of benzene rings is 2. The molecule has 21 heavy (non-hydrogen) atoms. The molecule has 2 aromatic carbocycles. The summed E-state index contributed by atoms with van der Waals surface area (Å²) in [6.45, 7) is 3.89. The van der Waals surface area contributed by atoms with Crippen molar-refractivity contribution in [2.75, 3.05) is 7.11 Å². The second-order valence-electron chi connectivity index (χ2n) is 4.33. The molecule has 108 valence electrons. The van der Waals surface area contributed by atoms with Gasteiger partial charge < -0.3 is 9.47 Å². The van der Waals surface area contributed by atoms with Crippen molar-refractivity contribution in [1.82, 2.24) is 0 Å². The minimum absolute atomic E-state index is 0.0610. The van der Waals surface area contributed by atoms with Gasteiger partial charge in [0.1, 0.15) is 12.4 Å². The van der Waals surface area contributed by atoms with Gasteiger partial charge in [0.05, 0.1) is 12.0 Å². The molecule has 0 spiro atoms. The highest BCUT2D eigenvalue weighted by Crippen LogP contribution is 2.29. The Morgan fingerprint density at radius 3 is 2.52 bits per heavy atom. The van der Waals surface area contributed by atoms with Crippen LogP contribution in [0.1, 0.15) is 11.1 Å². The smallest absolute Gasteiger partial charge is 0.310 e. The van der Waals surface area contributed by atoms with E-state index in [1.54, 1.807) is 25.3 Å². The van der Waals surface area contributed by atoms with Crippen LogP contribution in [-0.2, 0) is 6.61 Å². The Bertz CT molecular complexity index is 650. The molecule has 0 aliphatic rings. The number of hydrogen-bond donors (Lipinski definition) is 0. The first-order chi connectivity index (χ1) is 10.1. The van der Waals surface area contributed by atoms with Gasteiger partial charge >= 0.3 is 5.69 Å². The van der Waals surface area contributed by atoms with Gasteiger partial charge in [-0.2, -0.15) is 0 Å². The maximum atomic E-state index is 11.0. The highest BCUT2D eigenvalue weighted by atomic mass is 16.6. The van der Waals surface area contributed by atoms with Crippen LogP contribution < -0.4 is 9.47 Å². The zero-order valence-corrected chi connectivity index (χ0v) is 11.6. The average Bonchev–Trinajstić information content (AvgIpc) is 2.52. The van der Waals surface area contributed by atoms with Gasteiger partial charge in [-0.25, -0.2) is 0 Å². The molecule has 0 saturated carbocycles. The van der Waals surface area contributed by atoms with Gasteiger partial charge in [-0.15, -0.1) is 0 Å². The highest BCUT2D eigenvalue weighted by molar-refractivity contribution is 5.57. The Balaban J connectivity index is 2.17. The van der Waals surface area contributed by atoms with Crippen molar-refractivity contribution in [3.63, 3.8) is 0 Å². The Morgan fingerprint density at radius 1 is 1.24 bits per heavy atom. The van der Waals surface area contributed by atoms with E-state index in [-0.39, 0.29) is 18.0 Å². The largest absolute Gasteiger partial charge is 0.497 e. The molecule has 0 aliphatic carbocycles. The van der Waals surface area contributed by atoms with E-state index in [1.165, 1.54) is 6.07 Å². The van der Waals surface area contributed by atoms with Gasteiger partial charge in [0.2, 0.25) is 0 Å². The molecule has 2 aromatic rings. The highest BCUT2D eigenvalue weighted by Gasteiger charge is 2.15. The first-order valence-corrected chi connectivity index (χ1v) is 6.30. The number of methoxy groups -OCH3 is 1. The summed E-state index contributed by atoms with van der Waals surface area (Å²) in [6.07, 6.45) is 1.62. The molecule has 5 heteroatoms. The summed E-state index contributed by atoms with van der Waals surface area (Å²) < 4.78 is 10.6. The number of ether oxygens (including phenoxy) is 2. The second-order valence-corrected chi connectivity index (χ2v) is 4.33. The van der Waals surface area contributed by atoms with Gasteiger partial charge in [0.15, 0.2) is 5.75 Å². The molecule has 0 unspecified atom stereocenters. The van der Waals surface area contributed by atoms with Crippen LogP contribution in [0, 0.1) is 10.1 Å². The predicted octanol–water partition coefficient (Wildman–Crippen LogP) is 3.83. The predicted molar refractivity (Wildman–Crippen MR) is 80.5 cm³/mol. The van der Waals surface area contributed by atoms with E-state index in [1.807, 2.05) is 24.3 Å². The number of nitro benzene ring substituents is 1. The fraction of sp³-hybridized carbons (Fsp3) is 0.125. The van der Waals surface area contributed by atoms with E-state index in [2.05, 4.69) is 6.58 Å². The Kier molecular flexibility index (Phi) is 4.56. The van der Waals surface area contributed by atoms with E-state index in [4.69, 9.17) is 9.47 Å². The number of hydrogen-bond acceptors (Lipinski definition) is 4. The van der Waals surface area contributed by atoms with E-state index in [0.29, 0.717) is 0 Å². The molecular formula is C16H15NO4. The minimum atomic E-state index is -0.462. The maximum Gasteiger partial charge on any atom is 0.310 e. The summed E-state index contributed by atoms with van der Waals surface area (Å²) in [7, 11) is 1.59. The monoisotopic (exact) mass is 285 g/mol. The Hall–Kier alpha value is -2.82. The van der Waals surface area contributed by atoms with E-state index in [0.717, 1.165) is 16.9 Å². The number of rotatable bonds is 6. The van der Waals surface area contributed by atoms with Crippen molar-refractivity contribution in [3.05, 3.63) is 70.3 Å². The summed E-state index contributed by atoms with van der Waals surface area (Å²) in [4.78, 5) is 10.5. The molecule has 0 radical (unpaired) electrons. The molecule has 5 nitrogen and oxygen atoms in total. The summed E-state index contributed by atoms with van der Waals surface area (Å²) in [5, 5.41) is 11.0. The van der Waals surface area contributed by atoms with Crippen molar-refractivity contribution in [1.29, 1.82) is 0 Å². The average molecular weight is 285 g/mol. The van der Waals surface area contributed by atoms with Crippen molar-refractivity contribution >= 4 is 11.8 Å². The van der Waals surface area contributed by atoms with Crippen LogP contribution in [0.3, 0.4) is 0 Å². The van der Waals surface area contributed by atoms with Gasteiger partial charge in [-0.05, 0) is 35.4 Å². The summed E-state index contributed by atoms with van der Waals surface area (Å²) in [5.74, 6) is 0.978. The third-order valence-corrected chi connectivity index (χ3v) is 2.97. The molecule has 0 amide bonds. The van der Waals surface area contributed by atoms with E-state index < -0.39 is 4.92 Å². The minimum Gasteiger partial charge on any atom is -0.497 e. The number of nitrogens with zero attached hydrogens (tertiary/aromatic N) is 1. The van der Waals surface area contributed by atoms with Gasteiger partial charge in [-0.1, -0.05) is 24.8 Å². The van der Waals surface area contributed by atoms with Crippen LogP contribution in [0.25, 0.3) is 6.08 Å². The molecule has 2 rings (SSSR count). The quantitative estimate of drug-likeness (QED) is 0.598. The second kappa shape index (κ2) is 6.56. The summed E-state index contributed by atoms with van der Waals surface area (Å²) in [5.41, 5.74) is 1.61. The molecule has 0 aromatic heterocycles. The molecule has 0 atom stereocenters. The van der Waals surface area contributed by atoms with Crippen LogP contribution >= 0.6 is 0 Å². The Morgan fingerprint density at radius 2 is 1.95 bits per heavy atom. The zero-order chi connectivity index (χ0) is 15.2. The van der Waals surface area contributed by atoms with Gasteiger partial charge in [0.25, 0.3) is 0 Å². The van der Waals surface area contributed by atoms with Crippen LogP contribution in [0.15, 0.2) is 49.0 Å². The van der Waals surface area contributed by atoms with Crippen LogP contribution in [0.2, 0.25) is 0 Å². The molecule has 0 N–H and O–H groups in total. The lowest BCUT2D eigenvalue weighted by atomic mass is 10.2. The lowest BCUT2D eigenvalue weighted by Crippen LogP contribution is -1.99. The standard InChI is InChI=1S/C16H15NO4/c1-3-12-6-9-15(17(18)19)16(10-12)21-11-13-4-7-14(20-2)8-5-13/h3-10H,1,11H2,2H3. The molecule has 0 fully saturated rings. The molecular weight excluding hydrogens is 270 g/mol. The van der Waals surface area contributed by atoms with Gasteiger partial charge in [0, 0.05) is 6.07 Å². The Labute approximate surface area is 122 Å². The SMILES string of the molecule is C=Cc1ccc([N+](=O)[O-])c(OCc2ccc(OC)cc2)c1. The van der Waals surface area contributed by atoms with E-state index in [9.17, 15) is 10.1 Å². The zero-order valence-electron chi connectivity index (χ0n) is 11.6. The number of nitro groups is 1. The molecule has 0 heterocycles. The van der Waals surface area contributed by atoms with Crippen LogP contribution in [0.4, 0.5) is 5.69 Å². The fourth-order valence-electron chi connectivity index (χ4n) is 1.81. The molecule has 0 aliphatic heterocycles. The first-order valence-electron chi connectivity index (χ1n) is 6.30. The molecule has 0 bridgehead atoms. The third-order valence-electron chi connectivity index (χ3n) is 2.97. The lowest BCUT2D eigenvalue weighted by molar-refractivity contribution is -0.385. The van der Waals surface area contributed by atoms with Crippen molar-refractivity contribution in [2.45, 2.75) is 6.61 Å². The van der Waals surface area contributed by atoms with Crippen LogP contribution in [-0.4, -0.2) is 12.0 Å². The first kappa shape index (κ1) is 14.6. The molecule has 0 saturated heterocycles. The normalized spacial score (nSPS) is 9.95. The fourth-order valence-corrected chi connectivity index (χ4v) is 1.81. The summed E-state index contributed by atoms with van der Waals surface area (Å²) in [6, 6.07) is 12.0. The van der Waals surface area contributed by atoms with Crippen LogP contribution in [0.5, 0.6) is 11.5 Å². The summed E-state index contributed by atoms with van der Waals surface area (Å²) >= 11 is 0.